The summed E-state index contributed by atoms with van der Waals surface area (Å²) in [5.41, 5.74) is 3.12. The minimum atomic E-state index is 0.270. The van der Waals surface area contributed by atoms with Crippen LogP contribution in [-0.4, -0.2) is 25.5 Å². The Kier molecular flexibility index (Phi) is 5.51. The van der Waals surface area contributed by atoms with Gasteiger partial charge >= 0.3 is 0 Å². The lowest BCUT2D eigenvalue weighted by Gasteiger charge is -2.23. The zero-order valence-corrected chi connectivity index (χ0v) is 12.6. The third kappa shape index (κ3) is 4.71. The molecule has 0 heterocycles. The summed E-state index contributed by atoms with van der Waals surface area (Å²) >= 11 is 0. The van der Waals surface area contributed by atoms with Crippen LogP contribution < -0.4 is 5.32 Å². The predicted octanol–water partition coefficient (Wildman–Crippen LogP) is 2.95. The summed E-state index contributed by atoms with van der Waals surface area (Å²) in [5, 5.41) is 12.5. The number of likely N-dealkylation sites (N-methyl/N-ethyl adjacent to an activating group) is 1. The molecule has 3 nitrogen and oxygen atoms in total. The molecule has 0 unspecified atom stereocenters. The highest BCUT2D eigenvalue weighted by atomic mass is 15.1. The van der Waals surface area contributed by atoms with Crippen LogP contribution in [0, 0.1) is 11.3 Å². The Bertz CT molecular complexity index is 599. The molecule has 0 amide bonds. The number of nitrogens with zero attached hydrogens (tertiary/aromatic N) is 2. The van der Waals surface area contributed by atoms with Gasteiger partial charge in [0.25, 0.3) is 0 Å². The topological polar surface area (TPSA) is 39.1 Å². The van der Waals surface area contributed by atoms with Crippen LogP contribution in [0.3, 0.4) is 0 Å². The Labute approximate surface area is 126 Å². The summed E-state index contributed by atoms with van der Waals surface area (Å²) in [7, 11) is 4.15. The van der Waals surface area contributed by atoms with Crippen LogP contribution in [-0.2, 0) is 6.54 Å². The summed E-state index contributed by atoms with van der Waals surface area (Å²) in [6.07, 6.45) is 0. The lowest BCUT2D eigenvalue weighted by atomic mass is 10.1. The molecule has 0 saturated carbocycles. The minimum absolute atomic E-state index is 0.270. The van der Waals surface area contributed by atoms with Gasteiger partial charge in [-0.3, -0.25) is 0 Å². The van der Waals surface area contributed by atoms with Crippen molar-refractivity contribution in [3.05, 3.63) is 71.3 Å². The van der Waals surface area contributed by atoms with Gasteiger partial charge in [-0.1, -0.05) is 42.5 Å². The quantitative estimate of drug-likeness (QED) is 0.883. The molecule has 2 rings (SSSR count). The summed E-state index contributed by atoms with van der Waals surface area (Å²) in [4.78, 5) is 2.18. The SMILES string of the molecule is CN(C)C[C@@H](NCc1cccc(C#N)c1)c1ccccc1. The van der Waals surface area contributed by atoms with Crippen molar-refractivity contribution >= 4 is 0 Å². The molecule has 2 aromatic rings. The van der Waals surface area contributed by atoms with Crippen molar-refractivity contribution in [2.75, 3.05) is 20.6 Å². The molecule has 1 N–H and O–H groups in total. The molecule has 0 bridgehead atoms. The van der Waals surface area contributed by atoms with Crippen LogP contribution in [0.4, 0.5) is 0 Å². The van der Waals surface area contributed by atoms with Gasteiger partial charge < -0.3 is 10.2 Å². The summed E-state index contributed by atoms with van der Waals surface area (Å²) in [6, 6.07) is 20.7. The highest BCUT2D eigenvalue weighted by Crippen LogP contribution is 2.14. The zero-order valence-electron chi connectivity index (χ0n) is 12.6. The molecule has 1 atom stereocenters. The summed E-state index contributed by atoms with van der Waals surface area (Å²) in [6.45, 7) is 1.69. The molecule has 21 heavy (non-hydrogen) atoms. The fourth-order valence-corrected chi connectivity index (χ4v) is 2.33. The zero-order chi connectivity index (χ0) is 15.1. The number of hydrogen-bond donors (Lipinski definition) is 1. The number of nitrogens with one attached hydrogen (secondary N) is 1. The maximum absolute atomic E-state index is 8.96. The number of benzene rings is 2. The third-order valence-corrected chi connectivity index (χ3v) is 3.36. The lowest BCUT2D eigenvalue weighted by Crippen LogP contribution is -2.30. The van der Waals surface area contributed by atoms with Crippen LogP contribution in [0.1, 0.15) is 22.7 Å². The second-order valence-corrected chi connectivity index (χ2v) is 5.42. The Morgan fingerprint density at radius 2 is 1.86 bits per heavy atom. The van der Waals surface area contributed by atoms with Gasteiger partial charge in [0.15, 0.2) is 0 Å². The van der Waals surface area contributed by atoms with Gasteiger partial charge in [-0.05, 0) is 37.4 Å². The fraction of sp³-hybridized carbons (Fsp3) is 0.278. The molecule has 0 aliphatic carbocycles. The summed E-state index contributed by atoms with van der Waals surface area (Å²) in [5.74, 6) is 0. The van der Waals surface area contributed by atoms with E-state index in [0.29, 0.717) is 5.56 Å². The molecule has 0 spiro atoms. The lowest BCUT2D eigenvalue weighted by molar-refractivity contribution is 0.340. The van der Waals surface area contributed by atoms with Crippen LogP contribution in [0.5, 0.6) is 0 Å². The first-order valence-electron chi connectivity index (χ1n) is 7.11. The van der Waals surface area contributed by atoms with Crippen LogP contribution in [0.15, 0.2) is 54.6 Å². The monoisotopic (exact) mass is 279 g/mol. The molecule has 2 aromatic carbocycles. The van der Waals surface area contributed by atoms with Gasteiger partial charge in [0.1, 0.15) is 0 Å². The van der Waals surface area contributed by atoms with E-state index in [9.17, 15) is 0 Å². The van der Waals surface area contributed by atoms with E-state index in [2.05, 4.69) is 54.6 Å². The van der Waals surface area contributed by atoms with Gasteiger partial charge in [-0.25, -0.2) is 0 Å². The molecule has 0 fully saturated rings. The molecule has 3 heteroatoms. The molecular formula is C18H21N3. The first-order chi connectivity index (χ1) is 10.2. The van der Waals surface area contributed by atoms with E-state index < -0.39 is 0 Å². The van der Waals surface area contributed by atoms with E-state index in [1.807, 2.05) is 30.3 Å². The smallest absolute Gasteiger partial charge is 0.0991 e. The highest BCUT2D eigenvalue weighted by molar-refractivity contribution is 5.32. The molecule has 108 valence electrons. The van der Waals surface area contributed by atoms with E-state index in [4.69, 9.17) is 5.26 Å². The largest absolute Gasteiger partial charge is 0.308 e. The van der Waals surface area contributed by atoms with Gasteiger partial charge in [0.05, 0.1) is 11.6 Å². The highest BCUT2D eigenvalue weighted by Gasteiger charge is 2.11. The van der Waals surface area contributed by atoms with E-state index in [1.165, 1.54) is 5.56 Å². The van der Waals surface area contributed by atoms with Crippen LogP contribution in [0.25, 0.3) is 0 Å². The van der Waals surface area contributed by atoms with Crippen LogP contribution >= 0.6 is 0 Å². The Morgan fingerprint density at radius 3 is 2.52 bits per heavy atom. The normalized spacial score (nSPS) is 12.1. The Morgan fingerprint density at radius 1 is 1.10 bits per heavy atom. The first-order valence-corrected chi connectivity index (χ1v) is 7.11. The van der Waals surface area contributed by atoms with E-state index in [-0.39, 0.29) is 6.04 Å². The number of rotatable bonds is 6. The van der Waals surface area contributed by atoms with Crippen molar-refractivity contribution in [1.82, 2.24) is 10.2 Å². The molecule has 0 aliphatic rings. The maximum atomic E-state index is 8.96. The molecule has 0 aliphatic heterocycles. The Hall–Kier alpha value is -2.15. The van der Waals surface area contributed by atoms with Crippen molar-refractivity contribution in [3.8, 4) is 6.07 Å². The van der Waals surface area contributed by atoms with Crippen molar-refractivity contribution < 1.29 is 0 Å². The predicted molar refractivity (Wildman–Crippen MR) is 85.7 cm³/mol. The van der Waals surface area contributed by atoms with Gasteiger partial charge in [-0.2, -0.15) is 5.26 Å². The fourth-order valence-electron chi connectivity index (χ4n) is 2.33. The first kappa shape index (κ1) is 15.2. The second-order valence-electron chi connectivity index (χ2n) is 5.42. The molecule has 0 aromatic heterocycles. The average Bonchev–Trinajstić information content (AvgIpc) is 2.52. The maximum Gasteiger partial charge on any atom is 0.0991 e. The summed E-state index contributed by atoms with van der Waals surface area (Å²) < 4.78 is 0. The molecular weight excluding hydrogens is 258 g/mol. The van der Waals surface area contributed by atoms with Gasteiger partial charge in [0, 0.05) is 19.1 Å². The second kappa shape index (κ2) is 7.58. The van der Waals surface area contributed by atoms with Crippen molar-refractivity contribution in [3.63, 3.8) is 0 Å². The van der Waals surface area contributed by atoms with Gasteiger partial charge in [0.2, 0.25) is 0 Å². The number of nitriles is 1. The molecule has 0 saturated heterocycles. The van der Waals surface area contributed by atoms with E-state index >= 15 is 0 Å². The Balaban J connectivity index is 2.07. The van der Waals surface area contributed by atoms with Gasteiger partial charge in [-0.15, -0.1) is 0 Å². The third-order valence-electron chi connectivity index (χ3n) is 3.36. The minimum Gasteiger partial charge on any atom is -0.308 e. The average molecular weight is 279 g/mol. The van der Waals surface area contributed by atoms with Crippen LogP contribution in [0.2, 0.25) is 0 Å². The van der Waals surface area contributed by atoms with E-state index in [0.717, 1.165) is 18.7 Å². The van der Waals surface area contributed by atoms with Crippen molar-refractivity contribution in [1.29, 1.82) is 5.26 Å². The van der Waals surface area contributed by atoms with Crippen molar-refractivity contribution in [2.24, 2.45) is 0 Å². The standard InChI is InChI=1S/C18H21N3/c1-21(2)14-18(17-9-4-3-5-10-17)20-13-16-8-6-7-15(11-16)12-19/h3-11,18,20H,13-14H2,1-2H3/t18-/m1/s1. The van der Waals surface area contributed by atoms with Crippen molar-refractivity contribution in [2.45, 2.75) is 12.6 Å². The van der Waals surface area contributed by atoms with E-state index in [1.54, 1.807) is 0 Å². The molecule has 0 radical (unpaired) electrons. The number of hydrogen-bond acceptors (Lipinski definition) is 3.